The maximum Gasteiger partial charge on any atom is 0.215 e. The van der Waals surface area contributed by atoms with E-state index >= 15 is 0 Å². The summed E-state index contributed by atoms with van der Waals surface area (Å²) < 4.78 is 2.38. The standard InChI is InChI=1S/C23H16BrN3O2/c24-19-14-8-7-13-18(19)15-27-21(23(29)17-11-5-2-6-12-17)20(25-26-27)22(28)16-9-3-1-4-10-16/h1-14H,15H2. The number of hydrogen-bond donors (Lipinski definition) is 0. The van der Waals surface area contributed by atoms with Gasteiger partial charge in [-0.15, -0.1) is 5.10 Å². The predicted octanol–water partition coefficient (Wildman–Crippen LogP) is 4.55. The number of carbonyl (C=O) groups excluding carboxylic acids is 2. The van der Waals surface area contributed by atoms with E-state index in [1.165, 1.54) is 4.68 Å². The van der Waals surface area contributed by atoms with Crippen LogP contribution in [0.5, 0.6) is 0 Å². The summed E-state index contributed by atoms with van der Waals surface area (Å²) in [6, 6.07) is 25.3. The minimum absolute atomic E-state index is 0.0529. The molecule has 142 valence electrons. The van der Waals surface area contributed by atoms with Crippen molar-refractivity contribution >= 4 is 27.5 Å². The van der Waals surface area contributed by atoms with Crippen LogP contribution in [0, 0.1) is 0 Å². The number of nitrogens with zero attached hydrogens (tertiary/aromatic N) is 3. The van der Waals surface area contributed by atoms with Gasteiger partial charge in [0.05, 0.1) is 6.54 Å². The number of rotatable bonds is 6. The van der Waals surface area contributed by atoms with Gasteiger partial charge in [-0.3, -0.25) is 9.59 Å². The smallest absolute Gasteiger partial charge is 0.215 e. The molecule has 1 heterocycles. The van der Waals surface area contributed by atoms with E-state index in [9.17, 15) is 9.59 Å². The lowest BCUT2D eigenvalue weighted by atomic mass is 10.0. The highest BCUT2D eigenvalue weighted by Gasteiger charge is 2.27. The fourth-order valence-electron chi connectivity index (χ4n) is 3.04. The van der Waals surface area contributed by atoms with Crippen LogP contribution in [0.2, 0.25) is 0 Å². The molecule has 0 saturated carbocycles. The second-order valence-electron chi connectivity index (χ2n) is 6.43. The number of ketones is 2. The van der Waals surface area contributed by atoms with Crippen LogP contribution < -0.4 is 0 Å². The Morgan fingerprint density at radius 3 is 1.93 bits per heavy atom. The van der Waals surface area contributed by atoms with E-state index in [0.717, 1.165) is 10.0 Å². The first-order valence-electron chi connectivity index (χ1n) is 9.01. The van der Waals surface area contributed by atoms with Gasteiger partial charge in [0.25, 0.3) is 0 Å². The van der Waals surface area contributed by atoms with Crippen LogP contribution >= 0.6 is 15.9 Å². The molecule has 0 saturated heterocycles. The Hall–Kier alpha value is -3.38. The summed E-state index contributed by atoms with van der Waals surface area (Å²) in [6.45, 7) is 0.310. The van der Waals surface area contributed by atoms with Gasteiger partial charge in [-0.1, -0.05) is 100 Å². The van der Waals surface area contributed by atoms with Gasteiger partial charge in [0.15, 0.2) is 5.69 Å². The fraction of sp³-hybridized carbons (Fsp3) is 0.0435. The van der Waals surface area contributed by atoms with Crippen molar-refractivity contribution in [2.45, 2.75) is 6.54 Å². The minimum Gasteiger partial charge on any atom is -0.287 e. The number of aromatic nitrogens is 3. The maximum atomic E-state index is 13.3. The zero-order valence-corrected chi connectivity index (χ0v) is 16.9. The van der Waals surface area contributed by atoms with E-state index in [1.54, 1.807) is 48.5 Å². The lowest BCUT2D eigenvalue weighted by Gasteiger charge is -2.09. The zero-order chi connectivity index (χ0) is 20.2. The van der Waals surface area contributed by atoms with Gasteiger partial charge in [0.1, 0.15) is 5.69 Å². The molecule has 0 atom stereocenters. The van der Waals surface area contributed by atoms with Crippen molar-refractivity contribution in [1.82, 2.24) is 15.0 Å². The zero-order valence-electron chi connectivity index (χ0n) is 15.3. The van der Waals surface area contributed by atoms with Crippen molar-refractivity contribution in [2.75, 3.05) is 0 Å². The molecule has 0 radical (unpaired) electrons. The molecule has 5 nitrogen and oxygen atoms in total. The quantitative estimate of drug-likeness (QED) is 0.408. The number of halogens is 1. The fourth-order valence-corrected chi connectivity index (χ4v) is 3.45. The summed E-state index contributed by atoms with van der Waals surface area (Å²) >= 11 is 3.52. The summed E-state index contributed by atoms with van der Waals surface area (Å²) in [5.74, 6) is -0.620. The lowest BCUT2D eigenvalue weighted by molar-refractivity contribution is 0.0995. The molecule has 4 aromatic rings. The van der Waals surface area contributed by atoms with Gasteiger partial charge < -0.3 is 0 Å². The molecule has 0 aliphatic heterocycles. The highest BCUT2D eigenvalue weighted by Crippen LogP contribution is 2.21. The number of hydrogen-bond acceptors (Lipinski definition) is 4. The van der Waals surface area contributed by atoms with E-state index in [0.29, 0.717) is 17.7 Å². The molecule has 6 heteroatoms. The Morgan fingerprint density at radius 2 is 1.31 bits per heavy atom. The molecule has 0 aliphatic carbocycles. The first kappa shape index (κ1) is 19.0. The first-order chi connectivity index (χ1) is 14.1. The van der Waals surface area contributed by atoms with Gasteiger partial charge in [-0.05, 0) is 11.6 Å². The average Bonchev–Trinajstić information content (AvgIpc) is 3.19. The van der Waals surface area contributed by atoms with E-state index in [4.69, 9.17) is 0 Å². The molecule has 0 bridgehead atoms. The second kappa shape index (κ2) is 8.32. The van der Waals surface area contributed by atoms with Crippen molar-refractivity contribution < 1.29 is 9.59 Å². The molecular formula is C23H16BrN3O2. The SMILES string of the molecule is O=C(c1ccccc1)c1nnn(Cc2ccccc2Br)c1C(=O)c1ccccc1. The summed E-state index contributed by atoms with van der Waals surface area (Å²) in [4.78, 5) is 26.4. The predicted molar refractivity (Wildman–Crippen MR) is 113 cm³/mol. The normalized spacial score (nSPS) is 10.7. The summed E-state index contributed by atoms with van der Waals surface area (Å²) in [5.41, 5.74) is 2.10. The average molecular weight is 446 g/mol. The molecule has 0 fully saturated rings. The largest absolute Gasteiger partial charge is 0.287 e. The summed E-state index contributed by atoms with van der Waals surface area (Å²) in [6.07, 6.45) is 0. The van der Waals surface area contributed by atoms with Gasteiger partial charge in [0.2, 0.25) is 11.6 Å². The first-order valence-corrected chi connectivity index (χ1v) is 9.81. The monoisotopic (exact) mass is 445 g/mol. The molecule has 4 rings (SSSR count). The van der Waals surface area contributed by atoms with Crippen molar-refractivity contribution in [3.8, 4) is 0 Å². The Bertz CT molecular complexity index is 1170. The van der Waals surface area contributed by atoms with Crippen LogP contribution in [0.25, 0.3) is 0 Å². The van der Waals surface area contributed by atoms with E-state index in [1.807, 2.05) is 36.4 Å². The highest BCUT2D eigenvalue weighted by molar-refractivity contribution is 9.10. The number of carbonyl (C=O) groups is 2. The molecule has 0 aliphatic rings. The maximum absolute atomic E-state index is 13.3. The third-order valence-electron chi connectivity index (χ3n) is 4.52. The van der Waals surface area contributed by atoms with Crippen LogP contribution in [0.4, 0.5) is 0 Å². The Balaban J connectivity index is 1.82. The minimum atomic E-state index is -0.330. The molecule has 1 aromatic heterocycles. The Labute approximate surface area is 176 Å². The van der Waals surface area contributed by atoms with Crippen LogP contribution in [0.1, 0.15) is 37.7 Å². The van der Waals surface area contributed by atoms with Crippen molar-refractivity contribution in [3.05, 3.63) is 117 Å². The van der Waals surface area contributed by atoms with Gasteiger partial charge >= 0.3 is 0 Å². The molecular weight excluding hydrogens is 430 g/mol. The molecule has 0 unspecified atom stereocenters. The van der Waals surface area contributed by atoms with Gasteiger partial charge in [0, 0.05) is 15.6 Å². The van der Waals surface area contributed by atoms with E-state index < -0.39 is 0 Å². The van der Waals surface area contributed by atoms with Crippen LogP contribution in [0.3, 0.4) is 0 Å². The van der Waals surface area contributed by atoms with Crippen molar-refractivity contribution in [2.24, 2.45) is 0 Å². The molecule has 29 heavy (non-hydrogen) atoms. The summed E-state index contributed by atoms with van der Waals surface area (Å²) in [7, 11) is 0. The van der Waals surface area contributed by atoms with Crippen LogP contribution in [-0.4, -0.2) is 26.6 Å². The topological polar surface area (TPSA) is 64.8 Å². The van der Waals surface area contributed by atoms with Gasteiger partial charge in [-0.25, -0.2) is 4.68 Å². The molecule has 3 aromatic carbocycles. The summed E-state index contributed by atoms with van der Waals surface area (Å²) in [5, 5.41) is 8.24. The van der Waals surface area contributed by atoms with Crippen LogP contribution in [0.15, 0.2) is 89.4 Å². The highest BCUT2D eigenvalue weighted by atomic mass is 79.9. The van der Waals surface area contributed by atoms with Crippen molar-refractivity contribution in [1.29, 1.82) is 0 Å². The second-order valence-corrected chi connectivity index (χ2v) is 7.28. The van der Waals surface area contributed by atoms with Crippen molar-refractivity contribution in [3.63, 3.8) is 0 Å². The Morgan fingerprint density at radius 1 is 0.759 bits per heavy atom. The van der Waals surface area contributed by atoms with Gasteiger partial charge in [-0.2, -0.15) is 0 Å². The molecule has 0 N–H and O–H groups in total. The third-order valence-corrected chi connectivity index (χ3v) is 5.29. The third kappa shape index (κ3) is 3.93. The van der Waals surface area contributed by atoms with E-state index in [-0.39, 0.29) is 23.0 Å². The lowest BCUT2D eigenvalue weighted by Crippen LogP contribution is -2.16. The molecule has 0 spiro atoms. The molecule has 0 amide bonds. The van der Waals surface area contributed by atoms with Crippen LogP contribution in [-0.2, 0) is 6.54 Å². The Kier molecular flexibility index (Phi) is 5.44. The number of benzene rings is 3. The van der Waals surface area contributed by atoms with E-state index in [2.05, 4.69) is 26.2 Å².